The van der Waals surface area contributed by atoms with Gasteiger partial charge < -0.3 is 10.1 Å². The van der Waals surface area contributed by atoms with E-state index in [-0.39, 0.29) is 12.1 Å². The fourth-order valence-corrected chi connectivity index (χ4v) is 3.04. The van der Waals surface area contributed by atoms with Crippen LogP contribution in [-0.2, 0) is 17.8 Å². The maximum Gasteiger partial charge on any atom is 0.320 e. The maximum atomic E-state index is 12.0. The molecule has 1 aromatic rings. The number of nitrogens with one attached hydrogen (secondary N) is 2. The Morgan fingerprint density at radius 2 is 2.30 bits per heavy atom. The summed E-state index contributed by atoms with van der Waals surface area (Å²) in [5, 5.41) is 10.1. The molecule has 1 aromatic heterocycles. The molecule has 2 amide bonds. The standard InChI is InChI=1S/C15H26N6O2/c1-12-10-20(7-8-23-12)4-3-16-15(22)17-14-9-13-11-19(2)5-6-21(13)18-14/h9,12H,3-8,10-11H2,1-2H3,(H2,16,17,18,22). The maximum absolute atomic E-state index is 12.0. The van der Waals surface area contributed by atoms with Crippen molar-refractivity contribution in [2.24, 2.45) is 0 Å². The van der Waals surface area contributed by atoms with Gasteiger partial charge in [-0.25, -0.2) is 4.79 Å². The zero-order chi connectivity index (χ0) is 16.2. The van der Waals surface area contributed by atoms with Gasteiger partial charge in [0.2, 0.25) is 0 Å². The largest absolute Gasteiger partial charge is 0.376 e. The predicted molar refractivity (Wildman–Crippen MR) is 87.4 cm³/mol. The molecule has 1 unspecified atom stereocenters. The second-order valence-electron chi connectivity index (χ2n) is 6.34. The Morgan fingerprint density at radius 1 is 1.43 bits per heavy atom. The minimum Gasteiger partial charge on any atom is -0.376 e. The Morgan fingerprint density at radius 3 is 3.13 bits per heavy atom. The summed E-state index contributed by atoms with van der Waals surface area (Å²) in [6.45, 7) is 8.86. The van der Waals surface area contributed by atoms with E-state index in [4.69, 9.17) is 4.74 Å². The van der Waals surface area contributed by atoms with E-state index in [2.05, 4.69) is 39.5 Å². The number of carbonyl (C=O) groups excluding carboxylic acids is 1. The molecule has 2 N–H and O–H groups in total. The molecule has 0 aliphatic carbocycles. The monoisotopic (exact) mass is 322 g/mol. The van der Waals surface area contributed by atoms with Crippen LogP contribution in [0.3, 0.4) is 0 Å². The van der Waals surface area contributed by atoms with Crippen molar-refractivity contribution in [3.63, 3.8) is 0 Å². The predicted octanol–water partition coefficient (Wildman–Crippen LogP) is 0.171. The molecule has 2 aliphatic heterocycles. The second kappa shape index (κ2) is 7.29. The van der Waals surface area contributed by atoms with Crippen molar-refractivity contribution in [2.75, 3.05) is 51.7 Å². The van der Waals surface area contributed by atoms with E-state index in [1.165, 1.54) is 0 Å². The van der Waals surface area contributed by atoms with Crippen molar-refractivity contribution < 1.29 is 9.53 Å². The van der Waals surface area contributed by atoms with E-state index in [1.807, 2.05) is 10.7 Å². The number of carbonyl (C=O) groups is 1. The number of rotatable bonds is 4. The fourth-order valence-electron chi connectivity index (χ4n) is 3.04. The molecule has 1 fully saturated rings. The van der Waals surface area contributed by atoms with Gasteiger partial charge in [-0.1, -0.05) is 0 Å². The zero-order valence-electron chi connectivity index (χ0n) is 13.9. The lowest BCUT2D eigenvalue weighted by molar-refractivity contribution is -0.0174. The summed E-state index contributed by atoms with van der Waals surface area (Å²) >= 11 is 0. The first-order valence-corrected chi connectivity index (χ1v) is 8.24. The number of amides is 2. The van der Waals surface area contributed by atoms with Gasteiger partial charge in [-0.05, 0) is 14.0 Å². The molecule has 8 nitrogen and oxygen atoms in total. The van der Waals surface area contributed by atoms with Crippen LogP contribution in [-0.4, -0.2) is 78.1 Å². The van der Waals surface area contributed by atoms with Gasteiger partial charge in [-0.3, -0.25) is 19.8 Å². The minimum absolute atomic E-state index is 0.199. The van der Waals surface area contributed by atoms with Gasteiger partial charge in [0, 0.05) is 45.3 Å². The van der Waals surface area contributed by atoms with Crippen LogP contribution < -0.4 is 10.6 Å². The van der Waals surface area contributed by atoms with E-state index < -0.39 is 0 Å². The fraction of sp³-hybridized carbons (Fsp3) is 0.733. The molecule has 0 radical (unpaired) electrons. The van der Waals surface area contributed by atoms with Crippen molar-refractivity contribution in [3.8, 4) is 0 Å². The molecule has 23 heavy (non-hydrogen) atoms. The normalized spacial score (nSPS) is 22.6. The molecule has 2 aliphatic rings. The number of hydrogen-bond donors (Lipinski definition) is 2. The quantitative estimate of drug-likeness (QED) is 0.827. The topological polar surface area (TPSA) is 74.7 Å². The highest BCUT2D eigenvalue weighted by Crippen LogP contribution is 2.15. The number of urea groups is 1. The number of nitrogens with zero attached hydrogens (tertiary/aromatic N) is 4. The van der Waals surface area contributed by atoms with Crippen molar-refractivity contribution in [3.05, 3.63) is 11.8 Å². The lowest BCUT2D eigenvalue weighted by Crippen LogP contribution is -2.45. The Kier molecular flexibility index (Phi) is 5.14. The third kappa shape index (κ3) is 4.43. The van der Waals surface area contributed by atoms with Crippen molar-refractivity contribution in [2.45, 2.75) is 26.1 Å². The number of morpholine rings is 1. The molecule has 0 aromatic carbocycles. The van der Waals surface area contributed by atoms with E-state index in [0.717, 1.165) is 51.6 Å². The molecule has 8 heteroatoms. The summed E-state index contributed by atoms with van der Waals surface area (Å²) in [5.41, 5.74) is 1.14. The molecule has 3 heterocycles. The zero-order valence-corrected chi connectivity index (χ0v) is 13.9. The lowest BCUT2D eigenvalue weighted by Gasteiger charge is -2.30. The van der Waals surface area contributed by atoms with E-state index in [0.29, 0.717) is 12.4 Å². The first kappa shape index (κ1) is 16.2. The molecule has 0 saturated carbocycles. The Hall–Kier alpha value is -1.64. The van der Waals surface area contributed by atoms with Crippen LogP contribution >= 0.6 is 0 Å². The molecule has 128 valence electrons. The molecule has 0 bridgehead atoms. The summed E-state index contributed by atoms with van der Waals surface area (Å²) in [5.74, 6) is 0.618. The van der Waals surface area contributed by atoms with E-state index in [1.54, 1.807) is 0 Å². The molecular weight excluding hydrogens is 296 g/mol. The summed E-state index contributed by atoms with van der Waals surface area (Å²) in [6, 6.07) is 1.74. The van der Waals surface area contributed by atoms with Crippen molar-refractivity contribution in [1.29, 1.82) is 0 Å². The molecule has 1 saturated heterocycles. The van der Waals surface area contributed by atoms with Crippen LogP contribution in [0.2, 0.25) is 0 Å². The van der Waals surface area contributed by atoms with Crippen LogP contribution in [0.1, 0.15) is 12.6 Å². The number of likely N-dealkylation sites (N-methyl/N-ethyl adjacent to an activating group) is 1. The number of fused-ring (bicyclic) bond motifs is 1. The lowest BCUT2D eigenvalue weighted by atomic mass is 10.3. The minimum atomic E-state index is -0.199. The van der Waals surface area contributed by atoms with Crippen LogP contribution in [0, 0.1) is 0 Å². The summed E-state index contributed by atoms with van der Waals surface area (Å²) in [6.07, 6.45) is 0.271. The van der Waals surface area contributed by atoms with Gasteiger partial charge in [-0.2, -0.15) is 5.10 Å². The average Bonchev–Trinajstić information content (AvgIpc) is 2.88. The Labute approximate surface area is 136 Å². The average molecular weight is 322 g/mol. The smallest absolute Gasteiger partial charge is 0.320 e. The van der Waals surface area contributed by atoms with Gasteiger partial charge in [-0.15, -0.1) is 0 Å². The first-order valence-electron chi connectivity index (χ1n) is 8.24. The van der Waals surface area contributed by atoms with Crippen LogP contribution in [0.4, 0.5) is 10.6 Å². The second-order valence-corrected chi connectivity index (χ2v) is 6.34. The molecule has 0 spiro atoms. The summed E-state index contributed by atoms with van der Waals surface area (Å²) in [4.78, 5) is 16.5. The highest BCUT2D eigenvalue weighted by atomic mass is 16.5. The van der Waals surface area contributed by atoms with Crippen LogP contribution in [0.5, 0.6) is 0 Å². The summed E-state index contributed by atoms with van der Waals surface area (Å²) in [7, 11) is 2.09. The van der Waals surface area contributed by atoms with Crippen LogP contribution in [0.15, 0.2) is 6.07 Å². The highest BCUT2D eigenvalue weighted by Gasteiger charge is 2.18. The molecular formula is C15H26N6O2. The van der Waals surface area contributed by atoms with Crippen molar-refractivity contribution >= 4 is 11.8 Å². The number of hydrogen-bond acceptors (Lipinski definition) is 5. The number of ether oxygens (including phenoxy) is 1. The Balaban J connectivity index is 1.41. The SMILES string of the molecule is CC1CN(CCNC(=O)Nc2cc3n(n2)CCN(C)C3)CCO1. The first-order chi connectivity index (χ1) is 11.1. The Bertz CT molecular complexity index is 546. The number of aromatic nitrogens is 2. The van der Waals surface area contributed by atoms with Gasteiger partial charge >= 0.3 is 6.03 Å². The van der Waals surface area contributed by atoms with E-state index in [9.17, 15) is 4.79 Å². The van der Waals surface area contributed by atoms with Gasteiger partial charge in [0.25, 0.3) is 0 Å². The third-order valence-electron chi connectivity index (χ3n) is 4.27. The van der Waals surface area contributed by atoms with Gasteiger partial charge in [0.05, 0.1) is 24.9 Å². The van der Waals surface area contributed by atoms with Gasteiger partial charge in [0.15, 0.2) is 5.82 Å². The highest BCUT2D eigenvalue weighted by molar-refractivity contribution is 5.88. The third-order valence-corrected chi connectivity index (χ3v) is 4.27. The molecule has 1 atom stereocenters. The van der Waals surface area contributed by atoms with Crippen molar-refractivity contribution in [1.82, 2.24) is 24.9 Å². The van der Waals surface area contributed by atoms with E-state index >= 15 is 0 Å². The number of anilines is 1. The molecule has 3 rings (SSSR count). The van der Waals surface area contributed by atoms with Gasteiger partial charge in [0.1, 0.15) is 0 Å². The summed E-state index contributed by atoms with van der Waals surface area (Å²) < 4.78 is 7.47. The van der Waals surface area contributed by atoms with Crippen LogP contribution in [0.25, 0.3) is 0 Å².